The van der Waals surface area contributed by atoms with E-state index in [4.69, 9.17) is 16.3 Å². The number of hydrogen-bond acceptors (Lipinski definition) is 4. The Hall–Kier alpha value is -2.19. The van der Waals surface area contributed by atoms with Crippen LogP contribution in [0, 0.1) is 23.5 Å². The molecular formula is C24H26ClF2NO4S. The third kappa shape index (κ3) is 5.17. The number of halogens is 3. The van der Waals surface area contributed by atoms with Crippen molar-refractivity contribution < 1.29 is 26.7 Å². The minimum Gasteiger partial charge on any atom is -0.449 e. The molecule has 4 rings (SSSR count). The zero-order chi connectivity index (χ0) is 23.6. The zero-order valence-corrected chi connectivity index (χ0v) is 19.6. The minimum absolute atomic E-state index is 0.00437. The second kappa shape index (κ2) is 9.58. The van der Waals surface area contributed by atoms with Crippen LogP contribution in [-0.2, 0) is 19.3 Å². The van der Waals surface area contributed by atoms with Gasteiger partial charge in [0.25, 0.3) is 0 Å². The molecule has 2 aromatic rings. The topological polar surface area (TPSA) is 72.5 Å². The first-order chi connectivity index (χ1) is 15.7. The van der Waals surface area contributed by atoms with Crippen molar-refractivity contribution in [2.75, 3.05) is 13.2 Å². The van der Waals surface area contributed by atoms with Gasteiger partial charge in [0, 0.05) is 17.1 Å². The molecule has 1 amide bonds. The fraction of sp³-hybridized carbons (Fsp3) is 0.458. The molecule has 2 fully saturated rings. The molecule has 5 nitrogen and oxygen atoms in total. The van der Waals surface area contributed by atoms with Crippen LogP contribution in [-0.4, -0.2) is 27.7 Å². The van der Waals surface area contributed by atoms with Crippen molar-refractivity contribution >= 4 is 27.5 Å². The molecule has 33 heavy (non-hydrogen) atoms. The van der Waals surface area contributed by atoms with E-state index in [9.17, 15) is 22.0 Å². The van der Waals surface area contributed by atoms with Crippen molar-refractivity contribution in [3.05, 3.63) is 64.7 Å². The normalized spacial score (nSPS) is 23.2. The number of carbonyl (C=O) groups is 1. The molecule has 9 heteroatoms. The maximum Gasteiger partial charge on any atom is 0.407 e. The smallest absolute Gasteiger partial charge is 0.407 e. The van der Waals surface area contributed by atoms with Gasteiger partial charge in [-0.1, -0.05) is 11.6 Å². The lowest BCUT2D eigenvalue weighted by Gasteiger charge is -2.40. The van der Waals surface area contributed by atoms with Gasteiger partial charge < -0.3 is 10.1 Å². The van der Waals surface area contributed by atoms with E-state index in [1.54, 1.807) is 0 Å². The summed E-state index contributed by atoms with van der Waals surface area (Å²) in [6.07, 6.45) is 2.68. The Morgan fingerprint density at radius 3 is 2.33 bits per heavy atom. The first kappa shape index (κ1) is 24.0. The van der Waals surface area contributed by atoms with Gasteiger partial charge >= 0.3 is 6.09 Å². The van der Waals surface area contributed by atoms with E-state index < -0.39 is 32.3 Å². The maximum atomic E-state index is 14.9. The number of ether oxygens (including phenoxy) is 1. The van der Waals surface area contributed by atoms with Gasteiger partial charge in [0.2, 0.25) is 0 Å². The number of alkyl carbamates (subject to hydrolysis) is 1. The van der Waals surface area contributed by atoms with Crippen LogP contribution < -0.4 is 5.32 Å². The largest absolute Gasteiger partial charge is 0.449 e. The number of carbonyl (C=O) groups excluding carboxylic acids is 1. The van der Waals surface area contributed by atoms with Gasteiger partial charge in [0.15, 0.2) is 9.84 Å². The fourth-order valence-electron chi connectivity index (χ4n) is 4.47. The molecule has 2 aromatic carbocycles. The number of rotatable bonds is 7. The molecule has 0 saturated heterocycles. The van der Waals surface area contributed by atoms with Crippen molar-refractivity contribution in [2.45, 2.75) is 48.2 Å². The summed E-state index contributed by atoms with van der Waals surface area (Å²) in [5.74, 6) is -0.994. The summed E-state index contributed by atoms with van der Waals surface area (Å²) in [7, 11) is -4.08. The van der Waals surface area contributed by atoms with Crippen molar-refractivity contribution in [1.82, 2.24) is 5.32 Å². The lowest BCUT2D eigenvalue weighted by molar-refractivity contribution is 0.110. The standard InChI is InChI=1S/C24H26ClF2NO4S/c25-18-3-6-20(7-4-18)33(30,31)24(21-13-19(26)5-8-22(21)27)11-9-17(10-12-24)15-32-23(29)28-14-16-1-2-16/h3-8,13,16-17H,1-2,9-12,14-15H2,(H,28,29)/t17-,24+. The second-order valence-electron chi connectivity index (χ2n) is 8.94. The number of sulfone groups is 1. The van der Waals surface area contributed by atoms with Crippen molar-refractivity contribution in [3.63, 3.8) is 0 Å². The zero-order valence-electron chi connectivity index (χ0n) is 18.0. The number of amides is 1. The predicted octanol–water partition coefficient (Wildman–Crippen LogP) is 5.61. The molecule has 2 saturated carbocycles. The Morgan fingerprint density at radius 1 is 1.03 bits per heavy atom. The lowest BCUT2D eigenvalue weighted by Crippen LogP contribution is -2.41. The molecule has 2 aliphatic carbocycles. The highest BCUT2D eigenvalue weighted by Gasteiger charge is 2.50. The quantitative estimate of drug-likeness (QED) is 0.539. The molecule has 178 valence electrons. The van der Waals surface area contributed by atoms with Crippen LogP contribution in [0.1, 0.15) is 44.1 Å². The summed E-state index contributed by atoms with van der Waals surface area (Å²) in [5, 5.41) is 3.11. The summed E-state index contributed by atoms with van der Waals surface area (Å²) in [5.41, 5.74) is -0.168. The van der Waals surface area contributed by atoms with Crippen LogP contribution in [0.25, 0.3) is 0 Å². The summed E-state index contributed by atoms with van der Waals surface area (Å²) in [4.78, 5) is 11.9. The predicted molar refractivity (Wildman–Crippen MR) is 121 cm³/mol. The maximum absolute atomic E-state index is 14.9. The molecular weight excluding hydrogens is 472 g/mol. The number of hydrogen-bond donors (Lipinski definition) is 1. The van der Waals surface area contributed by atoms with Crippen molar-refractivity contribution in [3.8, 4) is 0 Å². The first-order valence-electron chi connectivity index (χ1n) is 11.1. The molecule has 0 aliphatic heterocycles. The summed E-state index contributed by atoms with van der Waals surface area (Å²) < 4.78 is 60.2. The molecule has 2 aliphatic rings. The third-order valence-electron chi connectivity index (χ3n) is 6.65. The highest BCUT2D eigenvalue weighted by molar-refractivity contribution is 7.92. The van der Waals surface area contributed by atoms with Crippen LogP contribution in [0.3, 0.4) is 0 Å². The molecule has 0 radical (unpaired) electrons. The fourth-order valence-corrected chi connectivity index (χ4v) is 6.76. The van der Waals surface area contributed by atoms with Gasteiger partial charge in [0.1, 0.15) is 16.4 Å². The Morgan fingerprint density at radius 2 is 1.70 bits per heavy atom. The average Bonchev–Trinajstić information content (AvgIpc) is 3.63. The Bertz CT molecular complexity index is 1110. The van der Waals surface area contributed by atoms with Gasteiger partial charge in [0.05, 0.1) is 11.5 Å². The minimum atomic E-state index is -4.08. The molecule has 0 heterocycles. The van der Waals surface area contributed by atoms with Gasteiger partial charge in [-0.2, -0.15) is 0 Å². The van der Waals surface area contributed by atoms with E-state index in [1.165, 1.54) is 24.3 Å². The van der Waals surface area contributed by atoms with E-state index in [2.05, 4.69) is 5.32 Å². The van der Waals surface area contributed by atoms with Gasteiger partial charge in [-0.25, -0.2) is 22.0 Å². The first-order valence-corrected chi connectivity index (χ1v) is 12.9. The van der Waals surface area contributed by atoms with Crippen LogP contribution in [0.2, 0.25) is 5.02 Å². The Balaban J connectivity index is 1.55. The number of benzene rings is 2. The Kier molecular flexibility index (Phi) is 6.96. The van der Waals surface area contributed by atoms with E-state index in [0.717, 1.165) is 31.0 Å². The number of nitrogens with one attached hydrogen (secondary N) is 1. The molecule has 0 aromatic heterocycles. The highest BCUT2D eigenvalue weighted by Crippen LogP contribution is 2.49. The highest BCUT2D eigenvalue weighted by atomic mass is 35.5. The van der Waals surface area contributed by atoms with Gasteiger partial charge in [-0.3, -0.25) is 0 Å². The van der Waals surface area contributed by atoms with Crippen LogP contribution >= 0.6 is 11.6 Å². The summed E-state index contributed by atoms with van der Waals surface area (Å²) in [6.45, 7) is 0.754. The average molecular weight is 498 g/mol. The molecule has 0 unspecified atom stereocenters. The summed E-state index contributed by atoms with van der Waals surface area (Å²) in [6, 6.07) is 8.61. The lowest BCUT2D eigenvalue weighted by atomic mass is 9.78. The van der Waals surface area contributed by atoms with Crippen LogP contribution in [0.5, 0.6) is 0 Å². The Labute approximate surface area is 197 Å². The van der Waals surface area contributed by atoms with Gasteiger partial charge in [-0.05, 0) is 92.8 Å². The van der Waals surface area contributed by atoms with Crippen LogP contribution in [0.4, 0.5) is 13.6 Å². The van der Waals surface area contributed by atoms with E-state index in [1.807, 2.05) is 0 Å². The SMILES string of the molecule is O=C(NCC1CC1)OC[C@H]1CC[C@@](c2cc(F)ccc2F)(S(=O)(=O)c2ccc(Cl)cc2)CC1. The van der Waals surface area contributed by atoms with E-state index in [-0.39, 0.29) is 35.8 Å². The van der Waals surface area contributed by atoms with Crippen molar-refractivity contribution in [1.29, 1.82) is 0 Å². The second-order valence-corrected chi connectivity index (χ2v) is 11.6. The summed E-state index contributed by atoms with van der Waals surface area (Å²) >= 11 is 5.92. The molecule has 1 N–H and O–H groups in total. The molecule has 0 spiro atoms. The van der Waals surface area contributed by atoms with Gasteiger partial charge in [-0.15, -0.1) is 0 Å². The third-order valence-corrected chi connectivity index (χ3v) is 9.45. The monoisotopic (exact) mass is 497 g/mol. The molecule has 0 bridgehead atoms. The van der Waals surface area contributed by atoms with Crippen molar-refractivity contribution in [2.24, 2.45) is 11.8 Å². The molecule has 0 atom stereocenters. The van der Waals surface area contributed by atoms with E-state index >= 15 is 0 Å². The van der Waals surface area contributed by atoms with Crippen LogP contribution in [0.15, 0.2) is 47.4 Å². The van der Waals surface area contributed by atoms with E-state index in [0.29, 0.717) is 30.3 Å².